The molecule has 4 aromatic rings. The lowest BCUT2D eigenvalue weighted by Crippen LogP contribution is -2.47. The van der Waals surface area contributed by atoms with Crippen LogP contribution in [0.15, 0.2) is 102 Å². The second-order valence-corrected chi connectivity index (χ2v) is 12.8. The van der Waals surface area contributed by atoms with Crippen LogP contribution in [0.25, 0.3) is 0 Å². The molecule has 3 aromatic carbocycles. The summed E-state index contributed by atoms with van der Waals surface area (Å²) in [6.45, 7) is 5.11. The molecule has 0 spiro atoms. The van der Waals surface area contributed by atoms with Crippen molar-refractivity contribution in [1.29, 1.82) is 0 Å². The van der Waals surface area contributed by atoms with Gasteiger partial charge in [0.1, 0.15) is 0 Å². The monoisotopic (exact) mass is 651 g/mol. The minimum atomic E-state index is -4.38. The van der Waals surface area contributed by atoms with Crippen molar-refractivity contribution in [3.63, 3.8) is 0 Å². The van der Waals surface area contributed by atoms with Crippen molar-refractivity contribution in [3.8, 4) is 0 Å². The number of benzene rings is 3. The van der Waals surface area contributed by atoms with Crippen molar-refractivity contribution in [1.82, 2.24) is 15.2 Å². The smallest absolute Gasteiger partial charge is 0.273 e. The van der Waals surface area contributed by atoms with Crippen LogP contribution in [0.1, 0.15) is 27.1 Å². The van der Waals surface area contributed by atoms with Crippen LogP contribution in [0.3, 0.4) is 0 Å². The molecule has 0 radical (unpaired) electrons. The van der Waals surface area contributed by atoms with Gasteiger partial charge in [-0.2, -0.15) is 4.31 Å². The van der Waals surface area contributed by atoms with E-state index in [9.17, 15) is 18.0 Å². The van der Waals surface area contributed by atoms with Gasteiger partial charge in [-0.05, 0) is 79.7 Å². The summed E-state index contributed by atoms with van der Waals surface area (Å²) in [6.07, 6.45) is 4.39. The van der Waals surface area contributed by atoms with E-state index in [1.54, 1.807) is 30.6 Å². The predicted molar refractivity (Wildman–Crippen MR) is 173 cm³/mol. The van der Waals surface area contributed by atoms with Crippen molar-refractivity contribution < 1.29 is 18.0 Å². The van der Waals surface area contributed by atoms with Gasteiger partial charge in [-0.15, -0.1) is 0 Å². The van der Waals surface area contributed by atoms with Crippen LogP contribution in [0, 0.1) is 0 Å². The molecule has 228 valence electrons. The molecule has 1 aliphatic rings. The second-order valence-electron chi connectivity index (χ2n) is 10.2. The zero-order valence-electron chi connectivity index (χ0n) is 23.8. The molecule has 5 rings (SSSR count). The summed E-state index contributed by atoms with van der Waals surface area (Å²) in [4.78, 5) is 35.0. The molecule has 44 heavy (non-hydrogen) atoms. The molecule has 0 aliphatic carbocycles. The molecule has 12 heteroatoms. The highest BCUT2D eigenvalue weighted by atomic mass is 35.5. The molecule has 1 aliphatic heterocycles. The van der Waals surface area contributed by atoms with Gasteiger partial charge in [-0.25, -0.2) is 8.42 Å². The number of halogens is 2. The van der Waals surface area contributed by atoms with Gasteiger partial charge in [0.25, 0.3) is 21.8 Å². The summed E-state index contributed by atoms with van der Waals surface area (Å²) < 4.78 is 28.3. The Balaban J connectivity index is 1.19. The molecule has 1 N–H and O–H groups in total. The van der Waals surface area contributed by atoms with Crippen molar-refractivity contribution in [2.75, 3.05) is 48.5 Å². The number of nitrogens with zero attached hydrogens (tertiary/aromatic N) is 4. The lowest BCUT2D eigenvalue weighted by molar-refractivity contribution is 0.0950. The van der Waals surface area contributed by atoms with Crippen molar-refractivity contribution in [3.05, 3.63) is 118 Å². The maximum absolute atomic E-state index is 13.8. The van der Waals surface area contributed by atoms with E-state index in [0.717, 1.165) is 39.1 Å². The predicted octanol–water partition coefficient (Wildman–Crippen LogP) is 5.37. The number of pyridine rings is 1. The van der Waals surface area contributed by atoms with E-state index in [1.807, 2.05) is 12.1 Å². The lowest BCUT2D eigenvalue weighted by atomic mass is 10.2. The molecule has 0 atom stereocenters. The Morgan fingerprint density at radius 3 is 2.20 bits per heavy atom. The summed E-state index contributed by atoms with van der Waals surface area (Å²) in [6, 6.07) is 21.8. The second kappa shape index (κ2) is 14.2. The number of nitrogens with one attached hydrogen (secondary N) is 1. The van der Waals surface area contributed by atoms with E-state index in [-0.39, 0.29) is 27.1 Å². The van der Waals surface area contributed by atoms with Gasteiger partial charge >= 0.3 is 0 Å². The number of amides is 2. The van der Waals surface area contributed by atoms with Crippen LogP contribution in [-0.4, -0.2) is 69.4 Å². The molecule has 1 aromatic heterocycles. The zero-order valence-corrected chi connectivity index (χ0v) is 26.1. The summed E-state index contributed by atoms with van der Waals surface area (Å²) in [5.74, 6) is -1.14. The normalized spacial score (nSPS) is 13.8. The first-order valence-electron chi connectivity index (χ1n) is 14.1. The molecule has 0 saturated carbocycles. The minimum absolute atomic E-state index is 0.0184. The molecule has 1 fully saturated rings. The Morgan fingerprint density at radius 1 is 0.864 bits per heavy atom. The fourth-order valence-corrected chi connectivity index (χ4v) is 6.87. The summed E-state index contributed by atoms with van der Waals surface area (Å²) in [5.41, 5.74) is 1.61. The van der Waals surface area contributed by atoms with Crippen LogP contribution >= 0.6 is 23.2 Å². The van der Waals surface area contributed by atoms with Gasteiger partial charge in [-0.1, -0.05) is 41.4 Å². The van der Waals surface area contributed by atoms with Crippen LogP contribution in [0.2, 0.25) is 10.0 Å². The molecule has 1 saturated heterocycles. The van der Waals surface area contributed by atoms with Crippen LogP contribution in [-0.2, 0) is 10.0 Å². The molecular formula is C32H31Cl2N5O4S. The molecular weight excluding hydrogens is 621 g/mol. The van der Waals surface area contributed by atoms with E-state index in [0.29, 0.717) is 21.4 Å². The average molecular weight is 653 g/mol. The van der Waals surface area contributed by atoms with E-state index < -0.39 is 15.9 Å². The average Bonchev–Trinajstić information content (AvgIpc) is 3.04. The summed E-state index contributed by atoms with van der Waals surface area (Å²) in [5, 5.41) is 3.25. The van der Waals surface area contributed by atoms with Crippen LogP contribution < -0.4 is 14.5 Å². The third kappa shape index (κ3) is 7.39. The number of piperazine rings is 1. The maximum Gasteiger partial charge on any atom is 0.273 e. The van der Waals surface area contributed by atoms with Gasteiger partial charge in [0.15, 0.2) is 0 Å². The first-order chi connectivity index (χ1) is 21.2. The number of aromatic nitrogens is 1. The summed E-state index contributed by atoms with van der Waals surface area (Å²) in [7, 11) is -4.38. The van der Waals surface area contributed by atoms with E-state index in [4.69, 9.17) is 23.2 Å². The molecule has 2 amide bonds. The van der Waals surface area contributed by atoms with E-state index in [1.165, 1.54) is 60.3 Å². The Bertz CT molecular complexity index is 1700. The maximum atomic E-state index is 13.8. The fourth-order valence-electron chi connectivity index (χ4n) is 4.98. The Hall–Kier alpha value is -3.96. The first-order valence-corrected chi connectivity index (χ1v) is 16.3. The molecule has 9 nitrogen and oxygen atoms in total. The number of carbonyl (C=O) groups excluding carboxylic acids is 2. The highest BCUT2D eigenvalue weighted by Crippen LogP contribution is 2.29. The van der Waals surface area contributed by atoms with Crippen LogP contribution in [0.4, 0.5) is 11.4 Å². The highest BCUT2D eigenvalue weighted by Gasteiger charge is 2.33. The number of hydrogen-bond acceptors (Lipinski definition) is 7. The topological polar surface area (TPSA) is 103 Å². The minimum Gasteiger partial charge on any atom is -0.369 e. The van der Waals surface area contributed by atoms with Gasteiger partial charge in [0.05, 0.1) is 21.2 Å². The first kappa shape index (κ1) is 31.5. The number of hydrogen-bond donors (Lipinski definition) is 1. The van der Waals surface area contributed by atoms with Crippen molar-refractivity contribution in [2.24, 2.45) is 0 Å². The Kier molecular flexibility index (Phi) is 10.2. The van der Waals surface area contributed by atoms with Gasteiger partial charge in [0.2, 0.25) is 0 Å². The number of sulfonamides is 1. The Labute approximate surface area is 267 Å². The van der Waals surface area contributed by atoms with Gasteiger partial charge < -0.3 is 10.2 Å². The molecule has 2 heterocycles. The standard InChI is InChI=1S/C32H31Cl2N5O4S/c33-25-9-12-29(30(34)23-25)32(41)39(27-5-2-1-3-6-27)44(42,43)28-10-7-24(8-11-28)31(40)36-15-4-18-37-19-21-38(22-20-37)26-13-16-35-17-14-26/h1-3,5-14,16-17,23H,4,15,18-22H2,(H,36,40). The largest absolute Gasteiger partial charge is 0.369 e. The van der Waals surface area contributed by atoms with Gasteiger partial charge in [0, 0.05) is 61.4 Å². The van der Waals surface area contributed by atoms with Crippen molar-refractivity contribution in [2.45, 2.75) is 11.3 Å². The quantitative estimate of drug-likeness (QED) is 0.230. The Morgan fingerprint density at radius 2 is 1.55 bits per heavy atom. The number of anilines is 2. The zero-order chi connectivity index (χ0) is 31.1. The third-order valence-electron chi connectivity index (χ3n) is 7.33. The SMILES string of the molecule is O=C(NCCCN1CCN(c2ccncc2)CC1)c1ccc(S(=O)(=O)N(C(=O)c2ccc(Cl)cc2Cl)c2ccccc2)cc1. The third-order valence-corrected chi connectivity index (χ3v) is 9.60. The van der Waals surface area contributed by atoms with E-state index in [2.05, 4.69) is 20.1 Å². The van der Waals surface area contributed by atoms with Crippen LogP contribution in [0.5, 0.6) is 0 Å². The number of para-hydroxylation sites is 1. The fraction of sp³-hybridized carbons (Fsp3) is 0.219. The summed E-state index contributed by atoms with van der Waals surface area (Å²) >= 11 is 12.2. The highest BCUT2D eigenvalue weighted by molar-refractivity contribution is 7.93. The van der Waals surface area contributed by atoms with Gasteiger partial charge in [-0.3, -0.25) is 19.5 Å². The lowest BCUT2D eigenvalue weighted by Gasteiger charge is -2.36. The van der Waals surface area contributed by atoms with E-state index >= 15 is 0 Å². The number of rotatable bonds is 10. The van der Waals surface area contributed by atoms with Crippen molar-refractivity contribution >= 4 is 56.4 Å². The molecule has 0 bridgehead atoms. The number of carbonyl (C=O) groups is 2. The molecule has 0 unspecified atom stereocenters.